The summed E-state index contributed by atoms with van der Waals surface area (Å²) in [7, 11) is 0. The van der Waals surface area contributed by atoms with Crippen LogP contribution in [0.15, 0.2) is 54.6 Å². The van der Waals surface area contributed by atoms with Crippen molar-refractivity contribution in [2.24, 2.45) is 0 Å². The number of rotatable bonds is 6. The Hall–Kier alpha value is -3.19. The molecule has 1 heterocycles. The van der Waals surface area contributed by atoms with E-state index in [0.29, 0.717) is 17.7 Å². The summed E-state index contributed by atoms with van der Waals surface area (Å²) in [5.74, 6) is -0.552. The quantitative estimate of drug-likeness (QED) is 0.578. The van der Waals surface area contributed by atoms with Crippen molar-refractivity contribution in [3.8, 4) is 0 Å². The van der Waals surface area contributed by atoms with E-state index in [9.17, 15) is 19.2 Å². The number of benzene rings is 2. The number of anilines is 1. The average Bonchev–Trinajstić information content (AvgIpc) is 2.98. The number of nitrogens with one attached hydrogen (secondary N) is 2. The van der Waals surface area contributed by atoms with Gasteiger partial charge in [0.1, 0.15) is 0 Å². The first-order chi connectivity index (χ1) is 13.4. The first kappa shape index (κ1) is 19.6. The van der Waals surface area contributed by atoms with E-state index in [0.717, 1.165) is 22.9 Å². The van der Waals surface area contributed by atoms with Crippen molar-refractivity contribution < 1.29 is 19.2 Å². The molecule has 0 saturated carbocycles. The summed E-state index contributed by atoms with van der Waals surface area (Å²) < 4.78 is 0. The normalized spacial score (nSPS) is 16.2. The van der Waals surface area contributed by atoms with Crippen molar-refractivity contribution in [2.45, 2.75) is 18.6 Å². The van der Waals surface area contributed by atoms with Crippen LogP contribution >= 0.6 is 11.8 Å². The van der Waals surface area contributed by atoms with Crippen molar-refractivity contribution in [1.82, 2.24) is 5.32 Å². The molecular formula is C21H18N2O4S. The molecule has 1 unspecified atom stereocenters. The van der Waals surface area contributed by atoms with E-state index in [-0.39, 0.29) is 22.8 Å². The van der Waals surface area contributed by atoms with E-state index in [4.69, 9.17) is 0 Å². The van der Waals surface area contributed by atoms with E-state index in [1.165, 1.54) is 13.0 Å². The van der Waals surface area contributed by atoms with Gasteiger partial charge in [0.25, 0.3) is 5.24 Å². The second-order valence-electron chi connectivity index (χ2n) is 6.29. The van der Waals surface area contributed by atoms with Crippen molar-refractivity contribution in [3.05, 3.63) is 71.3 Å². The van der Waals surface area contributed by atoms with Gasteiger partial charge in [-0.2, -0.15) is 0 Å². The smallest absolute Gasteiger partial charge is 0.286 e. The second kappa shape index (κ2) is 8.67. The molecule has 3 amide bonds. The van der Waals surface area contributed by atoms with E-state index >= 15 is 0 Å². The molecule has 0 spiro atoms. The summed E-state index contributed by atoms with van der Waals surface area (Å²) in [5.41, 5.74) is 2.96. The molecule has 0 aliphatic carbocycles. The molecule has 2 N–H and O–H groups in total. The number of hydrogen-bond donors (Lipinski definition) is 2. The fourth-order valence-electron chi connectivity index (χ4n) is 2.70. The minimum atomic E-state index is -0.422. The van der Waals surface area contributed by atoms with Gasteiger partial charge in [-0.25, -0.2) is 0 Å². The van der Waals surface area contributed by atoms with E-state index < -0.39 is 5.25 Å². The number of carbonyl (C=O) groups excluding carboxylic acids is 4. The Morgan fingerprint density at radius 2 is 1.75 bits per heavy atom. The van der Waals surface area contributed by atoms with E-state index in [1.54, 1.807) is 42.5 Å². The van der Waals surface area contributed by atoms with Gasteiger partial charge in [0.15, 0.2) is 5.78 Å². The topological polar surface area (TPSA) is 92.3 Å². The fourth-order valence-corrected chi connectivity index (χ4v) is 3.56. The van der Waals surface area contributed by atoms with Crippen molar-refractivity contribution in [3.63, 3.8) is 0 Å². The molecule has 0 aromatic heterocycles. The monoisotopic (exact) mass is 394 g/mol. The van der Waals surface area contributed by atoms with Gasteiger partial charge >= 0.3 is 0 Å². The zero-order valence-electron chi connectivity index (χ0n) is 15.1. The number of imide groups is 1. The van der Waals surface area contributed by atoms with Gasteiger partial charge in [0.05, 0.1) is 5.25 Å². The first-order valence-corrected chi connectivity index (χ1v) is 9.49. The largest absolute Gasteiger partial charge is 0.326 e. The molecule has 1 saturated heterocycles. The predicted octanol–water partition coefficient (Wildman–Crippen LogP) is 3.44. The van der Waals surface area contributed by atoms with Crippen LogP contribution in [0.3, 0.4) is 0 Å². The molecule has 1 atom stereocenters. The standard InChI is InChI=1S/C21H18N2O4S/c1-13(24)22-17-9-4-14(5-10-17)6-11-18(25)16-7-2-15(3-8-16)12-19-20(26)23-21(27)28-19/h2-11,19H,12H2,1H3,(H,22,24)(H,23,26,27)/b11-6+. The number of ketones is 1. The maximum absolute atomic E-state index is 12.3. The van der Waals surface area contributed by atoms with Gasteiger partial charge in [-0.1, -0.05) is 54.2 Å². The van der Waals surface area contributed by atoms with Crippen LogP contribution in [0.5, 0.6) is 0 Å². The van der Waals surface area contributed by atoms with Crippen molar-refractivity contribution in [1.29, 1.82) is 0 Å². The van der Waals surface area contributed by atoms with E-state index in [1.807, 2.05) is 12.1 Å². The van der Waals surface area contributed by atoms with E-state index in [2.05, 4.69) is 10.6 Å². The third-order valence-corrected chi connectivity index (χ3v) is 5.07. The maximum Gasteiger partial charge on any atom is 0.286 e. The van der Waals surface area contributed by atoms with Gasteiger partial charge in [0.2, 0.25) is 11.8 Å². The average molecular weight is 394 g/mol. The molecule has 1 aliphatic rings. The lowest BCUT2D eigenvalue weighted by Gasteiger charge is -2.05. The van der Waals surface area contributed by atoms with Gasteiger partial charge in [-0.15, -0.1) is 0 Å². The number of amides is 3. The third-order valence-electron chi connectivity index (χ3n) is 4.08. The Morgan fingerprint density at radius 1 is 1.07 bits per heavy atom. The lowest BCUT2D eigenvalue weighted by molar-refractivity contribution is -0.119. The second-order valence-corrected chi connectivity index (χ2v) is 7.46. The van der Waals surface area contributed by atoms with Crippen LogP contribution in [0.1, 0.15) is 28.4 Å². The fraction of sp³-hybridized carbons (Fsp3) is 0.143. The van der Waals surface area contributed by atoms with Crippen LogP contribution in [0.4, 0.5) is 10.5 Å². The Bertz CT molecular complexity index is 949. The summed E-state index contributed by atoms with van der Waals surface area (Å²) in [5, 5.41) is 4.20. The van der Waals surface area contributed by atoms with Gasteiger partial charge in [-0.3, -0.25) is 24.5 Å². The zero-order chi connectivity index (χ0) is 20.1. The maximum atomic E-state index is 12.3. The lowest BCUT2D eigenvalue weighted by atomic mass is 10.0. The lowest BCUT2D eigenvalue weighted by Crippen LogP contribution is -2.25. The van der Waals surface area contributed by atoms with Gasteiger partial charge in [0, 0.05) is 18.2 Å². The third kappa shape index (κ3) is 5.17. The molecule has 142 valence electrons. The Kier molecular flexibility index (Phi) is 6.06. The Morgan fingerprint density at radius 3 is 2.32 bits per heavy atom. The number of carbonyl (C=O) groups is 4. The summed E-state index contributed by atoms with van der Waals surface area (Å²) in [6.07, 6.45) is 3.63. The highest BCUT2D eigenvalue weighted by atomic mass is 32.2. The number of thioether (sulfide) groups is 1. The minimum Gasteiger partial charge on any atom is -0.326 e. The van der Waals surface area contributed by atoms with Gasteiger partial charge < -0.3 is 5.32 Å². The predicted molar refractivity (Wildman–Crippen MR) is 109 cm³/mol. The first-order valence-electron chi connectivity index (χ1n) is 8.61. The van der Waals surface area contributed by atoms with Crippen molar-refractivity contribution in [2.75, 3.05) is 5.32 Å². The highest BCUT2D eigenvalue weighted by Crippen LogP contribution is 2.23. The summed E-state index contributed by atoms with van der Waals surface area (Å²) >= 11 is 0.988. The van der Waals surface area contributed by atoms with Crippen molar-refractivity contribution >= 4 is 46.4 Å². The molecule has 1 fully saturated rings. The molecule has 1 aliphatic heterocycles. The summed E-state index contributed by atoms with van der Waals surface area (Å²) in [6, 6.07) is 14.2. The number of hydrogen-bond acceptors (Lipinski definition) is 5. The summed E-state index contributed by atoms with van der Waals surface area (Å²) in [4.78, 5) is 46.2. The molecule has 2 aromatic carbocycles. The molecular weight excluding hydrogens is 376 g/mol. The van der Waals surface area contributed by atoms with Crippen LogP contribution in [0.25, 0.3) is 6.08 Å². The SMILES string of the molecule is CC(=O)Nc1ccc(/C=C/C(=O)c2ccc(CC3SC(=O)NC3=O)cc2)cc1. The minimum absolute atomic E-state index is 0.138. The zero-order valence-corrected chi connectivity index (χ0v) is 15.9. The van der Waals surface area contributed by atoms with Crippen LogP contribution < -0.4 is 10.6 Å². The summed E-state index contributed by atoms with van der Waals surface area (Å²) in [6.45, 7) is 1.44. The van der Waals surface area contributed by atoms with Gasteiger partial charge in [-0.05, 0) is 35.8 Å². The molecule has 0 bridgehead atoms. The highest BCUT2D eigenvalue weighted by molar-refractivity contribution is 8.15. The Balaban J connectivity index is 1.59. The molecule has 3 rings (SSSR count). The van der Waals surface area contributed by atoms with Crippen LogP contribution in [-0.4, -0.2) is 28.1 Å². The highest BCUT2D eigenvalue weighted by Gasteiger charge is 2.31. The van der Waals surface area contributed by atoms with Crippen LogP contribution in [0, 0.1) is 0 Å². The molecule has 6 nitrogen and oxygen atoms in total. The Labute approximate surface area is 166 Å². The van der Waals surface area contributed by atoms with Crippen LogP contribution in [0.2, 0.25) is 0 Å². The number of allylic oxidation sites excluding steroid dienone is 1. The molecule has 0 radical (unpaired) electrons. The molecule has 7 heteroatoms. The van der Waals surface area contributed by atoms with Crippen LogP contribution in [-0.2, 0) is 16.0 Å². The molecule has 28 heavy (non-hydrogen) atoms. The molecule has 2 aromatic rings.